The molecule has 3 aliphatic rings. The van der Waals surface area contributed by atoms with Gasteiger partial charge in [0.15, 0.2) is 0 Å². The van der Waals surface area contributed by atoms with Crippen LogP contribution in [0, 0.1) is 5.92 Å². The standard InChI is InChI=1S/C36H49NO2/c1-6-8-11-27(7-2)32-18-14-29-26-31(39-35(3,4)5)17-19-33(29)34(32)28-12-15-30(16-13-28)37-23-21-36(22-24-37)20-9-10-25-38-36/h7-8,11-13,15-17,19,26,32,34H,6,9-10,14,18,20-25H2,1-5H3/b11-8-,27-7+. The number of piperidine rings is 1. The molecule has 2 heterocycles. The minimum Gasteiger partial charge on any atom is -0.488 e. The van der Waals surface area contributed by atoms with Gasteiger partial charge in [0.1, 0.15) is 11.4 Å². The van der Waals surface area contributed by atoms with Crippen LogP contribution in [0.15, 0.2) is 66.3 Å². The second-order valence-corrected chi connectivity index (χ2v) is 12.9. The topological polar surface area (TPSA) is 21.7 Å². The summed E-state index contributed by atoms with van der Waals surface area (Å²) in [5.74, 6) is 1.80. The number of rotatable bonds is 6. The minimum absolute atomic E-state index is 0.151. The molecule has 0 radical (unpaired) electrons. The first-order chi connectivity index (χ1) is 18.8. The van der Waals surface area contributed by atoms with Crippen LogP contribution in [0.5, 0.6) is 5.75 Å². The zero-order valence-corrected chi connectivity index (χ0v) is 25.0. The fraction of sp³-hybridized carbons (Fsp3) is 0.556. The predicted octanol–water partition coefficient (Wildman–Crippen LogP) is 9.01. The molecule has 2 aliphatic heterocycles. The van der Waals surface area contributed by atoms with Gasteiger partial charge in [-0.3, -0.25) is 0 Å². The van der Waals surface area contributed by atoms with Crippen LogP contribution in [0.3, 0.4) is 0 Å². The van der Waals surface area contributed by atoms with E-state index in [1.165, 1.54) is 47.2 Å². The number of anilines is 1. The molecule has 0 amide bonds. The number of nitrogens with zero attached hydrogens (tertiary/aromatic N) is 1. The smallest absolute Gasteiger partial charge is 0.120 e. The van der Waals surface area contributed by atoms with Crippen LogP contribution in [0.2, 0.25) is 0 Å². The zero-order valence-electron chi connectivity index (χ0n) is 25.0. The minimum atomic E-state index is -0.194. The maximum Gasteiger partial charge on any atom is 0.120 e. The van der Waals surface area contributed by atoms with E-state index in [-0.39, 0.29) is 11.2 Å². The first-order valence-corrected chi connectivity index (χ1v) is 15.4. The fourth-order valence-electron chi connectivity index (χ4n) is 7.04. The van der Waals surface area contributed by atoms with E-state index in [4.69, 9.17) is 9.47 Å². The van der Waals surface area contributed by atoms with Crippen molar-refractivity contribution in [3.8, 4) is 5.75 Å². The van der Waals surface area contributed by atoms with E-state index in [9.17, 15) is 0 Å². The van der Waals surface area contributed by atoms with Crippen LogP contribution in [0.4, 0.5) is 5.69 Å². The Balaban J connectivity index is 1.41. The molecule has 1 aliphatic carbocycles. The Morgan fingerprint density at radius 2 is 1.82 bits per heavy atom. The second kappa shape index (κ2) is 11.9. The summed E-state index contributed by atoms with van der Waals surface area (Å²) in [6.45, 7) is 13.9. The van der Waals surface area contributed by atoms with Crippen molar-refractivity contribution in [2.24, 2.45) is 5.92 Å². The first-order valence-electron chi connectivity index (χ1n) is 15.4. The molecule has 2 unspecified atom stereocenters. The molecule has 5 rings (SSSR count). The molecule has 0 aromatic heterocycles. The van der Waals surface area contributed by atoms with Gasteiger partial charge in [0.05, 0.1) is 5.60 Å². The maximum atomic E-state index is 6.28. The van der Waals surface area contributed by atoms with Crippen LogP contribution in [-0.2, 0) is 11.2 Å². The van der Waals surface area contributed by atoms with Crippen molar-refractivity contribution < 1.29 is 9.47 Å². The Bertz CT molecular complexity index is 1150. The lowest BCUT2D eigenvalue weighted by molar-refractivity contribution is -0.0920. The van der Waals surface area contributed by atoms with Gasteiger partial charge in [0.2, 0.25) is 0 Å². The molecule has 39 heavy (non-hydrogen) atoms. The molecule has 210 valence electrons. The highest BCUT2D eigenvalue weighted by Crippen LogP contribution is 2.46. The largest absolute Gasteiger partial charge is 0.488 e. The molecule has 1 spiro atoms. The number of aryl methyl sites for hydroxylation is 1. The molecule has 3 heteroatoms. The molecule has 2 aromatic carbocycles. The molecule has 3 nitrogen and oxygen atoms in total. The van der Waals surface area contributed by atoms with Crippen LogP contribution in [-0.4, -0.2) is 30.9 Å². The number of hydrogen-bond acceptors (Lipinski definition) is 3. The average Bonchev–Trinajstić information content (AvgIpc) is 2.93. The van der Waals surface area contributed by atoms with Crippen molar-refractivity contribution >= 4 is 5.69 Å². The Hall–Kier alpha value is -2.52. The predicted molar refractivity (Wildman–Crippen MR) is 164 cm³/mol. The van der Waals surface area contributed by atoms with Gasteiger partial charge in [-0.15, -0.1) is 0 Å². The Morgan fingerprint density at radius 3 is 2.46 bits per heavy atom. The third kappa shape index (κ3) is 6.46. The summed E-state index contributed by atoms with van der Waals surface area (Å²) in [5, 5.41) is 0. The van der Waals surface area contributed by atoms with Gasteiger partial charge >= 0.3 is 0 Å². The molecule has 2 saturated heterocycles. The summed E-state index contributed by atoms with van der Waals surface area (Å²) in [6, 6.07) is 16.4. The quantitative estimate of drug-likeness (QED) is 0.350. The molecular formula is C36H49NO2. The lowest BCUT2D eigenvalue weighted by atomic mass is 9.69. The summed E-state index contributed by atoms with van der Waals surface area (Å²) < 4.78 is 12.5. The number of benzene rings is 2. The normalized spacial score (nSPS) is 23.7. The Kier molecular flexibility index (Phi) is 8.57. The number of fused-ring (bicyclic) bond motifs is 1. The molecular weight excluding hydrogens is 478 g/mol. The first kappa shape index (κ1) is 28.0. The Labute approximate surface area is 237 Å². The van der Waals surface area contributed by atoms with Gasteiger partial charge in [0, 0.05) is 31.3 Å². The van der Waals surface area contributed by atoms with Gasteiger partial charge < -0.3 is 14.4 Å². The van der Waals surface area contributed by atoms with Crippen molar-refractivity contribution in [1.29, 1.82) is 0 Å². The van der Waals surface area contributed by atoms with E-state index < -0.39 is 0 Å². The second-order valence-electron chi connectivity index (χ2n) is 12.9. The molecule has 0 saturated carbocycles. The summed E-state index contributed by atoms with van der Waals surface area (Å²) in [5.41, 5.74) is 7.08. The molecule has 2 aromatic rings. The third-order valence-electron chi connectivity index (χ3n) is 9.04. The molecule has 2 fully saturated rings. The van der Waals surface area contributed by atoms with Gasteiger partial charge in [0.25, 0.3) is 0 Å². The van der Waals surface area contributed by atoms with Crippen molar-refractivity contribution in [3.63, 3.8) is 0 Å². The monoisotopic (exact) mass is 527 g/mol. The molecule has 2 atom stereocenters. The summed E-state index contributed by atoms with van der Waals surface area (Å²) in [6.07, 6.45) is 16.4. The van der Waals surface area contributed by atoms with Crippen LogP contribution < -0.4 is 9.64 Å². The Morgan fingerprint density at radius 1 is 1.05 bits per heavy atom. The van der Waals surface area contributed by atoms with Crippen molar-refractivity contribution in [1.82, 2.24) is 0 Å². The number of allylic oxidation sites excluding steroid dienone is 4. The maximum absolute atomic E-state index is 6.28. The lowest BCUT2D eigenvalue weighted by Gasteiger charge is -2.44. The number of hydrogen-bond donors (Lipinski definition) is 0. The van der Waals surface area contributed by atoms with E-state index >= 15 is 0 Å². The van der Waals surface area contributed by atoms with E-state index in [1.807, 2.05) is 0 Å². The average molecular weight is 528 g/mol. The van der Waals surface area contributed by atoms with Crippen molar-refractivity contribution in [3.05, 3.63) is 83.0 Å². The van der Waals surface area contributed by atoms with Crippen molar-refractivity contribution in [2.75, 3.05) is 24.6 Å². The summed E-state index contributed by atoms with van der Waals surface area (Å²) in [4.78, 5) is 2.57. The van der Waals surface area contributed by atoms with Gasteiger partial charge in [-0.25, -0.2) is 0 Å². The number of ether oxygens (including phenoxy) is 2. The third-order valence-corrected chi connectivity index (χ3v) is 9.04. The molecule has 0 bridgehead atoms. The lowest BCUT2D eigenvalue weighted by Crippen LogP contribution is -2.47. The van der Waals surface area contributed by atoms with Crippen LogP contribution >= 0.6 is 0 Å². The summed E-state index contributed by atoms with van der Waals surface area (Å²) >= 11 is 0. The van der Waals surface area contributed by atoms with E-state index in [0.717, 1.165) is 57.6 Å². The van der Waals surface area contributed by atoms with Crippen molar-refractivity contribution in [2.45, 2.75) is 103 Å². The van der Waals surface area contributed by atoms with E-state index in [0.29, 0.717) is 11.8 Å². The highest BCUT2D eigenvalue weighted by atomic mass is 16.5. The highest BCUT2D eigenvalue weighted by molar-refractivity contribution is 5.52. The summed E-state index contributed by atoms with van der Waals surface area (Å²) in [7, 11) is 0. The fourth-order valence-corrected chi connectivity index (χ4v) is 7.04. The van der Waals surface area contributed by atoms with E-state index in [1.54, 1.807) is 0 Å². The SMILES string of the molecule is C/C=C(\C=C/CC)C1CCc2cc(OC(C)(C)C)ccc2C1c1ccc(N2CCC3(CCCCO3)CC2)cc1. The van der Waals surface area contributed by atoms with Gasteiger partial charge in [-0.1, -0.05) is 43.4 Å². The van der Waals surface area contributed by atoms with Gasteiger partial charge in [-0.2, -0.15) is 0 Å². The van der Waals surface area contributed by atoms with Gasteiger partial charge in [-0.05, 0) is 132 Å². The zero-order chi connectivity index (χ0) is 27.5. The highest BCUT2D eigenvalue weighted by Gasteiger charge is 2.37. The van der Waals surface area contributed by atoms with E-state index in [2.05, 4.69) is 100 Å². The molecule has 0 N–H and O–H groups in total. The van der Waals surface area contributed by atoms with Crippen LogP contribution in [0.25, 0.3) is 0 Å². The van der Waals surface area contributed by atoms with Crippen LogP contribution in [0.1, 0.15) is 102 Å².